The average molecular weight is 329 g/mol. The van der Waals surface area contributed by atoms with E-state index in [0.29, 0.717) is 5.69 Å². The van der Waals surface area contributed by atoms with Gasteiger partial charge in [0.25, 0.3) is 11.1 Å². The molecule has 9 heteroatoms. The lowest BCUT2D eigenvalue weighted by Crippen LogP contribution is -2.31. The van der Waals surface area contributed by atoms with Crippen LogP contribution in [0.4, 0.5) is 10.1 Å². The Morgan fingerprint density at radius 2 is 2.14 bits per heavy atom. The van der Waals surface area contributed by atoms with Gasteiger partial charge in [0, 0.05) is 35.4 Å². The number of ether oxygens (including phenoxy) is 1. The lowest BCUT2D eigenvalue weighted by Gasteiger charge is -2.16. The molecule has 2 rings (SSSR count). The number of anilines is 1. The molecule has 1 amide bonds. The highest BCUT2D eigenvalue weighted by molar-refractivity contribution is 7.90. The fraction of sp³-hybridized carbons (Fsp3) is 0.250. The number of hydrogen-bond donors (Lipinski definition) is 0. The van der Waals surface area contributed by atoms with Gasteiger partial charge in [0.2, 0.25) is 0 Å². The van der Waals surface area contributed by atoms with Gasteiger partial charge in [-0.15, -0.1) is 9.36 Å². The number of hydrogen-bond acceptors (Lipinski definition) is 6. The molecule has 0 aliphatic heterocycles. The van der Waals surface area contributed by atoms with Crippen molar-refractivity contribution in [2.45, 2.75) is 5.16 Å². The van der Waals surface area contributed by atoms with Crippen LogP contribution in [0.5, 0.6) is 5.19 Å². The molecule has 0 N–H and O–H groups in total. The van der Waals surface area contributed by atoms with Crippen LogP contribution in [0, 0.1) is 5.82 Å². The summed E-state index contributed by atoms with van der Waals surface area (Å²) in [4.78, 5) is 17.2. The third-order valence-electron chi connectivity index (χ3n) is 2.55. The topological polar surface area (TPSA) is 78.4 Å². The Kier molecular flexibility index (Phi) is 5.10. The largest absolute Gasteiger partial charge is 0.609 e. The number of nitrogens with zero attached hydrogens (tertiary/aromatic N) is 3. The van der Waals surface area contributed by atoms with E-state index in [9.17, 15) is 13.7 Å². The van der Waals surface area contributed by atoms with Crippen LogP contribution in [-0.2, 0) is 16.0 Å². The molecule has 1 aromatic carbocycles. The maximum atomic E-state index is 12.8. The summed E-state index contributed by atoms with van der Waals surface area (Å²) in [6.07, 6.45) is 1.46. The van der Waals surface area contributed by atoms with Crippen LogP contribution in [0.1, 0.15) is 0 Å². The fourth-order valence-corrected chi connectivity index (χ4v) is 2.64. The van der Waals surface area contributed by atoms with Gasteiger partial charge in [-0.2, -0.15) is 0 Å². The molecule has 1 aromatic heterocycles. The number of amides is 1. The molecule has 0 spiro atoms. The van der Waals surface area contributed by atoms with E-state index in [4.69, 9.17) is 4.74 Å². The number of likely N-dealkylation sites (N-methyl/N-ethyl adjacent to an activating group) is 1. The smallest absolute Gasteiger partial charge is 0.357 e. The molecule has 21 heavy (non-hydrogen) atoms. The van der Waals surface area contributed by atoms with Crippen LogP contribution >= 0.6 is 11.5 Å². The maximum absolute atomic E-state index is 12.8. The molecule has 0 aliphatic carbocycles. The van der Waals surface area contributed by atoms with Gasteiger partial charge < -0.3 is 14.2 Å². The van der Waals surface area contributed by atoms with Gasteiger partial charge >= 0.3 is 5.16 Å². The summed E-state index contributed by atoms with van der Waals surface area (Å²) in [5.74, 6) is -0.694. The van der Waals surface area contributed by atoms with E-state index in [1.165, 1.54) is 35.4 Å². The molecule has 0 bridgehead atoms. The second kappa shape index (κ2) is 6.83. The standard InChI is InChI=1S/C12H12FN3O3S2/c1-16(9-5-3-8(13)4-6-9)10(17)7-19-12-14-11(15-20-12)21(2)18/h3-6H,7H2,1-2H3. The molecular weight excluding hydrogens is 317 g/mol. The molecule has 2 aromatic rings. The Labute approximate surface area is 127 Å². The Morgan fingerprint density at radius 3 is 2.71 bits per heavy atom. The van der Waals surface area contributed by atoms with E-state index in [-0.39, 0.29) is 28.7 Å². The van der Waals surface area contributed by atoms with E-state index >= 15 is 0 Å². The summed E-state index contributed by atoms with van der Waals surface area (Å²) in [7, 11) is 1.56. The summed E-state index contributed by atoms with van der Waals surface area (Å²) in [5.41, 5.74) is 0.553. The predicted molar refractivity (Wildman–Crippen MR) is 77.5 cm³/mol. The van der Waals surface area contributed by atoms with Crippen LogP contribution in [0.2, 0.25) is 0 Å². The van der Waals surface area contributed by atoms with E-state index in [0.717, 1.165) is 11.5 Å². The quantitative estimate of drug-likeness (QED) is 0.776. The third kappa shape index (κ3) is 4.13. The van der Waals surface area contributed by atoms with Crippen LogP contribution in [0.25, 0.3) is 0 Å². The minimum Gasteiger partial charge on any atom is -0.609 e. The number of carbonyl (C=O) groups excluding carboxylic acids is 1. The van der Waals surface area contributed by atoms with Crippen molar-refractivity contribution < 1.29 is 18.5 Å². The van der Waals surface area contributed by atoms with Crippen molar-refractivity contribution in [2.24, 2.45) is 0 Å². The Bertz CT molecular complexity index is 618. The van der Waals surface area contributed by atoms with Gasteiger partial charge in [0.05, 0.1) is 0 Å². The zero-order valence-electron chi connectivity index (χ0n) is 11.3. The van der Waals surface area contributed by atoms with Gasteiger partial charge in [-0.05, 0) is 24.3 Å². The van der Waals surface area contributed by atoms with Crippen molar-refractivity contribution >= 4 is 34.3 Å². The van der Waals surface area contributed by atoms with E-state index in [1.807, 2.05) is 0 Å². The second-order valence-electron chi connectivity index (χ2n) is 4.01. The highest BCUT2D eigenvalue weighted by atomic mass is 32.2. The average Bonchev–Trinajstić information content (AvgIpc) is 2.94. The number of carbonyl (C=O) groups is 1. The van der Waals surface area contributed by atoms with E-state index < -0.39 is 11.2 Å². The zero-order chi connectivity index (χ0) is 15.4. The van der Waals surface area contributed by atoms with Crippen LogP contribution in [0.15, 0.2) is 29.4 Å². The van der Waals surface area contributed by atoms with Crippen LogP contribution < -0.4 is 9.64 Å². The lowest BCUT2D eigenvalue weighted by molar-refractivity contribution is -0.120. The molecule has 6 nitrogen and oxygen atoms in total. The van der Waals surface area contributed by atoms with Crippen molar-refractivity contribution in [3.63, 3.8) is 0 Å². The van der Waals surface area contributed by atoms with Crippen molar-refractivity contribution in [1.29, 1.82) is 0 Å². The molecule has 0 saturated carbocycles. The summed E-state index contributed by atoms with van der Waals surface area (Å²) in [6, 6.07) is 5.54. The molecule has 0 fully saturated rings. The van der Waals surface area contributed by atoms with E-state index in [2.05, 4.69) is 9.36 Å². The molecule has 0 radical (unpaired) electrons. The maximum Gasteiger partial charge on any atom is 0.357 e. The summed E-state index contributed by atoms with van der Waals surface area (Å²) < 4.78 is 33.0. The van der Waals surface area contributed by atoms with Crippen molar-refractivity contribution in [2.75, 3.05) is 24.8 Å². The molecule has 112 valence electrons. The number of aromatic nitrogens is 2. The van der Waals surface area contributed by atoms with Crippen LogP contribution in [0.3, 0.4) is 0 Å². The number of rotatable bonds is 5. The second-order valence-corrected chi connectivity index (χ2v) is 6.00. The predicted octanol–water partition coefficient (Wildman–Crippen LogP) is 1.46. The first-order valence-corrected chi connectivity index (χ1v) is 8.12. The molecule has 0 aliphatic rings. The Morgan fingerprint density at radius 1 is 1.48 bits per heavy atom. The van der Waals surface area contributed by atoms with Crippen molar-refractivity contribution in [3.05, 3.63) is 30.1 Å². The van der Waals surface area contributed by atoms with Gasteiger partial charge in [-0.1, -0.05) is 0 Å². The van der Waals surface area contributed by atoms with Crippen LogP contribution in [-0.4, -0.2) is 39.7 Å². The van der Waals surface area contributed by atoms with Gasteiger partial charge in [-0.3, -0.25) is 4.79 Å². The van der Waals surface area contributed by atoms with Gasteiger partial charge in [-0.25, -0.2) is 4.39 Å². The van der Waals surface area contributed by atoms with Crippen molar-refractivity contribution in [1.82, 2.24) is 9.36 Å². The summed E-state index contributed by atoms with van der Waals surface area (Å²) in [5, 5.41) is 0.357. The molecule has 1 unspecified atom stereocenters. The van der Waals surface area contributed by atoms with Crippen molar-refractivity contribution in [3.8, 4) is 5.19 Å². The minimum atomic E-state index is -1.29. The first-order valence-electron chi connectivity index (χ1n) is 5.79. The number of benzene rings is 1. The third-order valence-corrected chi connectivity index (χ3v) is 3.99. The molecular formula is C12H12FN3O3S2. The molecule has 1 heterocycles. The highest BCUT2D eigenvalue weighted by Crippen LogP contribution is 2.18. The minimum absolute atomic E-state index is 0.175. The number of halogens is 1. The fourth-order valence-electron chi connectivity index (χ4n) is 1.40. The van der Waals surface area contributed by atoms with Gasteiger partial charge in [0.15, 0.2) is 6.61 Å². The molecule has 1 atom stereocenters. The summed E-state index contributed by atoms with van der Waals surface area (Å²) in [6.45, 7) is -0.237. The van der Waals surface area contributed by atoms with Gasteiger partial charge in [0.1, 0.15) is 12.1 Å². The molecule has 0 saturated heterocycles. The first-order chi connectivity index (χ1) is 9.97. The Balaban J connectivity index is 1.93. The normalized spacial score (nSPS) is 12.0. The Hall–Kier alpha value is -1.71. The summed E-state index contributed by atoms with van der Waals surface area (Å²) >= 11 is -0.353. The monoisotopic (exact) mass is 329 g/mol. The first kappa shape index (κ1) is 15.7. The zero-order valence-corrected chi connectivity index (χ0v) is 12.9. The highest BCUT2D eigenvalue weighted by Gasteiger charge is 2.16. The lowest BCUT2D eigenvalue weighted by atomic mass is 10.3. The SMILES string of the molecule is CN(C(=O)COc1nc([S+](C)[O-])ns1)c1ccc(F)cc1. The van der Waals surface area contributed by atoms with E-state index in [1.54, 1.807) is 7.05 Å².